The molecule has 0 spiro atoms. The van der Waals surface area contributed by atoms with Crippen LogP contribution in [0.2, 0.25) is 0 Å². The summed E-state index contributed by atoms with van der Waals surface area (Å²) in [5, 5.41) is 10.2. The van der Waals surface area contributed by atoms with E-state index in [1.54, 1.807) is 0 Å². The summed E-state index contributed by atoms with van der Waals surface area (Å²) in [5.41, 5.74) is -0.511. The topological polar surface area (TPSA) is 57.6 Å². The van der Waals surface area contributed by atoms with E-state index in [2.05, 4.69) is 0 Å². The molecule has 2 atom stereocenters. The normalized spacial score (nSPS) is 31.6. The van der Waals surface area contributed by atoms with Gasteiger partial charge in [0, 0.05) is 6.42 Å². The van der Waals surface area contributed by atoms with Crippen molar-refractivity contribution in [3.8, 4) is 0 Å². The molecular formula is C15H25NO3. The van der Waals surface area contributed by atoms with Crippen LogP contribution in [-0.4, -0.2) is 34.0 Å². The van der Waals surface area contributed by atoms with Crippen molar-refractivity contribution in [2.45, 2.75) is 77.4 Å². The van der Waals surface area contributed by atoms with Crippen LogP contribution in [0.25, 0.3) is 0 Å². The maximum absolute atomic E-state index is 12.7. The fourth-order valence-corrected chi connectivity index (χ4v) is 3.53. The standard InChI is InChI=1S/C15H25NO3/c1-3-15(4-2)10-13(18)16(14(15)19)11-8-6-5-7-9-12(11)17/h11-12,17H,3-10H2,1-2H3. The molecule has 1 N–H and O–H groups in total. The molecule has 4 nitrogen and oxygen atoms in total. The fourth-order valence-electron chi connectivity index (χ4n) is 3.53. The molecule has 4 heteroatoms. The molecular weight excluding hydrogens is 242 g/mol. The van der Waals surface area contributed by atoms with Crippen LogP contribution in [0, 0.1) is 5.41 Å². The zero-order valence-electron chi connectivity index (χ0n) is 12.0. The molecule has 108 valence electrons. The zero-order valence-corrected chi connectivity index (χ0v) is 12.0. The average Bonchev–Trinajstić information content (AvgIpc) is 2.55. The van der Waals surface area contributed by atoms with Crippen LogP contribution in [-0.2, 0) is 9.59 Å². The summed E-state index contributed by atoms with van der Waals surface area (Å²) in [7, 11) is 0. The molecule has 0 radical (unpaired) electrons. The lowest BCUT2D eigenvalue weighted by atomic mass is 9.81. The van der Waals surface area contributed by atoms with Gasteiger partial charge in [0.2, 0.25) is 11.8 Å². The van der Waals surface area contributed by atoms with E-state index in [1.807, 2.05) is 13.8 Å². The van der Waals surface area contributed by atoms with Gasteiger partial charge in [-0.25, -0.2) is 0 Å². The molecule has 2 amide bonds. The number of rotatable bonds is 3. The van der Waals surface area contributed by atoms with Gasteiger partial charge < -0.3 is 5.11 Å². The van der Waals surface area contributed by atoms with Gasteiger partial charge in [-0.15, -0.1) is 0 Å². The molecule has 0 bridgehead atoms. The van der Waals surface area contributed by atoms with Crippen molar-refractivity contribution in [3.05, 3.63) is 0 Å². The van der Waals surface area contributed by atoms with Crippen molar-refractivity contribution in [3.63, 3.8) is 0 Å². The molecule has 19 heavy (non-hydrogen) atoms. The van der Waals surface area contributed by atoms with E-state index in [4.69, 9.17) is 0 Å². The van der Waals surface area contributed by atoms with Crippen LogP contribution in [0.3, 0.4) is 0 Å². The quantitative estimate of drug-likeness (QED) is 0.630. The lowest BCUT2D eigenvalue weighted by molar-refractivity contribution is -0.147. The highest BCUT2D eigenvalue weighted by atomic mass is 16.3. The average molecular weight is 267 g/mol. The molecule has 0 aromatic rings. The number of aliphatic hydroxyl groups is 1. The van der Waals surface area contributed by atoms with Gasteiger partial charge in [0.05, 0.1) is 17.6 Å². The number of nitrogens with zero attached hydrogens (tertiary/aromatic N) is 1. The first-order valence-electron chi connectivity index (χ1n) is 7.60. The van der Waals surface area contributed by atoms with E-state index in [1.165, 1.54) is 4.90 Å². The summed E-state index contributed by atoms with van der Waals surface area (Å²) in [5.74, 6) is -0.131. The van der Waals surface area contributed by atoms with Crippen molar-refractivity contribution >= 4 is 11.8 Å². The number of likely N-dealkylation sites (tertiary alicyclic amines) is 1. The second-order valence-corrected chi connectivity index (χ2v) is 6.01. The first kappa shape index (κ1) is 14.5. The van der Waals surface area contributed by atoms with Gasteiger partial charge in [0.25, 0.3) is 0 Å². The lowest BCUT2D eigenvalue weighted by Crippen LogP contribution is -2.48. The summed E-state index contributed by atoms with van der Waals surface area (Å²) in [6, 6.07) is -0.289. The third kappa shape index (κ3) is 2.42. The van der Waals surface area contributed by atoms with E-state index in [0.29, 0.717) is 25.7 Å². The number of amides is 2. The van der Waals surface area contributed by atoms with E-state index < -0.39 is 11.5 Å². The van der Waals surface area contributed by atoms with Crippen molar-refractivity contribution in [2.75, 3.05) is 0 Å². The summed E-state index contributed by atoms with van der Waals surface area (Å²) in [6.07, 6.45) is 5.69. The summed E-state index contributed by atoms with van der Waals surface area (Å²) < 4.78 is 0. The Morgan fingerprint density at radius 2 is 1.79 bits per heavy atom. The van der Waals surface area contributed by atoms with Crippen LogP contribution in [0.5, 0.6) is 0 Å². The highest BCUT2D eigenvalue weighted by Gasteiger charge is 2.52. The molecule has 1 aliphatic carbocycles. The van der Waals surface area contributed by atoms with Gasteiger partial charge in [0.1, 0.15) is 0 Å². The Balaban J connectivity index is 2.24. The smallest absolute Gasteiger partial charge is 0.236 e. The molecule has 2 rings (SSSR count). The molecule has 2 fully saturated rings. The zero-order chi connectivity index (χ0) is 14.0. The maximum atomic E-state index is 12.7. The molecule has 1 heterocycles. The predicted molar refractivity (Wildman–Crippen MR) is 72.4 cm³/mol. The number of hydrogen-bond acceptors (Lipinski definition) is 3. The summed E-state index contributed by atoms with van der Waals surface area (Å²) in [6.45, 7) is 3.95. The highest BCUT2D eigenvalue weighted by molar-refractivity contribution is 6.06. The largest absolute Gasteiger partial charge is 0.391 e. The lowest BCUT2D eigenvalue weighted by Gasteiger charge is -2.31. The Morgan fingerprint density at radius 1 is 1.16 bits per heavy atom. The van der Waals surface area contributed by atoms with E-state index in [-0.39, 0.29) is 17.9 Å². The van der Waals surface area contributed by atoms with Crippen molar-refractivity contribution < 1.29 is 14.7 Å². The van der Waals surface area contributed by atoms with Crippen molar-refractivity contribution in [1.82, 2.24) is 4.90 Å². The van der Waals surface area contributed by atoms with E-state index in [9.17, 15) is 14.7 Å². The molecule has 0 aromatic heterocycles. The Kier molecular flexibility index (Phi) is 4.29. The number of aliphatic hydroxyl groups excluding tert-OH is 1. The Labute approximate surface area is 115 Å². The Morgan fingerprint density at radius 3 is 2.37 bits per heavy atom. The van der Waals surface area contributed by atoms with Crippen molar-refractivity contribution in [2.24, 2.45) is 5.41 Å². The van der Waals surface area contributed by atoms with Crippen LogP contribution < -0.4 is 0 Å². The van der Waals surface area contributed by atoms with Gasteiger partial charge in [-0.1, -0.05) is 33.1 Å². The minimum absolute atomic E-state index is 0.0477. The van der Waals surface area contributed by atoms with Gasteiger partial charge in [0.15, 0.2) is 0 Å². The Hall–Kier alpha value is -0.900. The summed E-state index contributed by atoms with van der Waals surface area (Å²) in [4.78, 5) is 26.3. The third-order valence-corrected chi connectivity index (χ3v) is 5.06. The Bertz CT molecular complexity index is 362. The summed E-state index contributed by atoms with van der Waals surface area (Å²) >= 11 is 0. The highest BCUT2D eigenvalue weighted by Crippen LogP contribution is 2.41. The first-order valence-corrected chi connectivity index (χ1v) is 7.60. The van der Waals surface area contributed by atoms with Crippen molar-refractivity contribution in [1.29, 1.82) is 0 Å². The first-order chi connectivity index (χ1) is 9.05. The number of carbonyl (C=O) groups is 2. The number of carbonyl (C=O) groups excluding carboxylic acids is 2. The molecule has 1 aliphatic heterocycles. The van der Waals surface area contributed by atoms with E-state index >= 15 is 0 Å². The number of hydrogen-bond donors (Lipinski definition) is 1. The van der Waals surface area contributed by atoms with E-state index in [0.717, 1.165) is 25.7 Å². The third-order valence-electron chi connectivity index (χ3n) is 5.06. The SMILES string of the molecule is CCC1(CC)CC(=O)N(C2CCCCCC2O)C1=O. The predicted octanol–water partition coefficient (Wildman–Crippen LogP) is 2.25. The number of imide groups is 1. The second-order valence-electron chi connectivity index (χ2n) is 6.01. The molecule has 0 aromatic carbocycles. The van der Waals surface area contributed by atoms with Gasteiger partial charge in [-0.3, -0.25) is 14.5 Å². The van der Waals surface area contributed by atoms with Crippen LogP contribution in [0.4, 0.5) is 0 Å². The molecule has 1 saturated heterocycles. The minimum atomic E-state index is -0.542. The van der Waals surface area contributed by atoms with Gasteiger partial charge in [-0.2, -0.15) is 0 Å². The maximum Gasteiger partial charge on any atom is 0.236 e. The second kappa shape index (κ2) is 5.61. The monoisotopic (exact) mass is 267 g/mol. The van der Waals surface area contributed by atoms with Crippen LogP contribution in [0.15, 0.2) is 0 Å². The minimum Gasteiger partial charge on any atom is -0.391 e. The van der Waals surface area contributed by atoms with Gasteiger partial charge >= 0.3 is 0 Å². The fraction of sp³-hybridized carbons (Fsp3) is 0.867. The van der Waals surface area contributed by atoms with Crippen LogP contribution >= 0.6 is 0 Å². The van der Waals surface area contributed by atoms with Gasteiger partial charge in [-0.05, 0) is 25.7 Å². The molecule has 1 saturated carbocycles. The molecule has 2 aliphatic rings. The van der Waals surface area contributed by atoms with Crippen LogP contribution in [0.1, 0.15) is 65.2 Å². The molecule has 2 unspecified atom stereocenters.